The first kappa shape index (κ1) is 27.4. The van der Waals surface area contributed by atoms with Gasteiger partial charge in [-0.1, -0.05) is 35.9 Å². The van der Waals surface area contributed by atoms with Gasteiger partial charge in [-0.05, 0) is 55.9 Å². The number of aliphatic hydroxyl groups is 1. The van der Waals surface area contributed by atoms with Gasteiger partial charge in [-0.2, -0.15) is 5.10 Å². The Labute approximate surface area is 233 Å². The highest BCUT2D eigenvalue weighted by molar-refractivity contribution is 6.34. The molecule has 1 amide bonds. The molecule has 0 bridgehead atoms. The lowest BCUT2D eigenvalue weighted by atomic mass is 9.84. The van der Waals surface area contributed by atoms with Gasteiger partial charge in [0.1, 0.15) is 17.2 Å². The third-order valence-electron chi connectivity index (χ3n) is 6.97. The summed E-state index contributed by atoms with van der Waals surface area (Å²) < 4.78 is 29.5. The summed E-state index contributed by atoms with van der Waals surface area (Å²) in [5.41, 5.74) is 6.26. The molecule has 5 rings (SSSR count). The summed E-state index contributed by atoms with van der Waals surface area (Å²) >= 11 is 6.32. The highest BCUT2D eigenvalue weighted by atomic mass is 35.5. The molecule has 206 valence electrons. The molecule has 4 N–H and O–H groups in total. The van der Waals surface area contributed by atoms with Gasteiger partial charge in [0.15, 0.2) is 23.2 Å². The smallest absolute Gasteiger partial charge is 0.258 e. The van der Waals surface area contributed by atoms with Crippen molar-refractivity contribution in [3.63, 3.8) is 0 Å². The van der Waals surface area contributed by atoms with E-state index in [-0.39, 0.29) is 51.2 Å². The Balaban J connectivity index is 1.44. The number of nitrogens with two attached hydrogens (primary N) is 1. The molecule has 8 nitrogen and oxygen atoms in total. The second-order valence-corrected chi connectivity index (χ2v) is 10.2. The standard InChI is InChI=1S/C29H26ClF2N5O3/c30-21-11-8-17(27-22(31)14-23(32)28(33)35-27)13-20(21)29(40)34-26-15-24(36-37(26)18-4-2-1-3-5-18)25(39)12-16-6-9-19(38)10-7-16/h1-5,8,11,13-16,19,38H,6-7,9-10,12H2,(H2,33,35)(H,34,40). The van der Waals surface area contributed by atoms with Gasteiger partial charge in [-0.3, -0.25) is 9.59 Å². The first-order chi connectivity index (χ1) is 19.2. The first-order valence-electron chi connectivity index (χ1n) is 12.8. The van der Waals surface area contributed by atoms with Gasteiger partial charge in [0.2, 0.25) is 0 Å². The zero-order valence-electron chi connectivity index (χ0n) is 21.3. The van der Waals surface area contributed by atoms with Crippen molar-refractivity contribution in [2.24, 2.45) is 5.92 Å². The van der Waals surface area contributed by atoms with Crippen molar-refractivity contribution in [1.82, 2.24) is 14.8 Å². The van der Waals surface area contributed by atoms with E-state index in [0.29, 0.717) is 31.0 Å². The lowest BCUT2D eigenvalue weighted by Gasteiger charge is -2.24. The number of ketones is 1. The summed E-state index contributed by atoms with van der Waals surface area (Å²) in [6.07, 6.45) is 2.84. The number of nitrogens with zero attached hydrogens (tertiary/aromatic N) is 3. The van der Waals surface area contributed by atoms with Gasteiger partial charge in [0.05, 0.1) is 22.4 Å². The van der Waals surface area contributed by atoms with Crippen LogP contribution in [0.4, 0.5) is 20.4 Å². The van der Waals surface area contributed by atoms with Crippen LogP contribution in [0, 0.1) is 17.6 Å². The molecule has 0 saturated heterocycles. The Bertz CT molecular complexity index is 1570. The number of Topliss-reactive ketones (excluding diaryl/α,β-unsaturated/α-hetero) is 1. The third kappa shape index (κ3) is 5.88. The van der Waals surface area contributed by atoms with Gasteiger partial charge in [0.25, 0.3) is 5.91 Å². The van der Waals surface area contributed by atoms with E-state index in [1.807, 2.05) is 6.07 Å². The summed E-state index contributed by atoms with van der Waals surface area (Å²) in [6.45, 7) is 0. The molecule has 1 aliphatic carbocycles. The van der Waals surface area contributed by atoms with E-state index < -0.39 is 23.4 Å². The summed E-state index contributed by atoms with van der Waals surface area (Å²) in [5.74, 6) is -2.83. The van der Waals surface area contributed by atoms with Crippen molar-refractivity contribution in [1.29, 1.82) is 0 Å². The number of aliphatic hydroxyl groups excluding tert-OH is 1. The molecule has 0 atom stereocenters. The van der Waals surface area contributed by atoms with Crippen molar-refractivity contribution in [2.45, 2.75) is 38.2 Å². The van der Waals surface area contributed by atoms with Gasteiger partial charge < -0.3 is 16.2 Å². The zero-order valence-corrected chi connectivity index (χ0v) is 22.0. The van der Waals surface area contributed by atoms with Crippen LogP contribution < -0.4 is 11.1 Å². The average Bonchev–Trinajstić information content (AvgIpc) is 3.36. The molecule has 1 saturated carbocycles. The van der Waals surface area contributed by atoms with Crippen molar-refractivity contribution >= 4 is 34.9 Å². The minimum atomic E-state index is -0.992. The minimum Gasteiger partial charge on any atom is -0.393 e. The molecule has 2 heterocycles. The first-order valence-corrected chi connectivity index (χ1v) is 13.2. The molecule has 0 unspecified atom stereocenters. The number of carbonyl (C=O) groups is 2. The normalized spacial score (nSPS) is 17.0. The molecule has 1 aliphatic rings. The highest BCUT2D eigenvalue weighted by Crippen LogP contribution is 2.30. The summed E-state index contributed by atoms with van der Waals surface area (Å²) in [7, 11) is 0. The Kier molecular flexibility index (Phi) is 7.90. The fraction of sp³-hybridized carbons (Fsp3) is 0.241. The minimum absolute atomic E-state index is 0.00212. The maximum Gasteiger partial charge on any atom is 0.258 e. The monoisotopic (exact) mass is 565 g/mol. The van der Waals surface area contributed by atoms with Gasteiger partial charge in [0, 0.05) is 24.1 Å². The largest absolute Gasteiger partial charge is 0.393 e. The van der Waals surface area contributed by atoms with Crippen LogP contribution in [-0.4, -0.2) is 37.7 Å². The zero-order chi connectivity index (χ0) is 28.4. The lowest BCUT2D eigenvalue weighted by Crippen LogP contribution is -2.20. The van der Waals surface area contributed by atoms with Crippen LogP contribution >= 0.6 is 11.6 Å². The summed E-state index contributed by atoms with van der Waals surface area (Å²) in [6, 6.07) is 15.3. The Morgan fingerprint density at radius 2 is 1.75 bits per heavy atom. The van der Waals surface area contributed by atoms with Crippen molar-refractivity contribution in [2.75, 3.05) is 11.1 Å². The van der Waals surface area contributed by atoms with E-state index in [4.69, 9.17) is 17.3 Å². The van der Waals surface area contributed by atoms with Crippen LogP contribution in [0.15, 0.2) is 60.7 Å². The second-order valence-electron chi connectivity index (χ2n) is 9.80. The number of nitrogens with one attached hydrogen (secondary N) is 1. The van der Waals surface area contributed by atoms with Crippen molar-refractivity contribution < 1.29 is 23.5 Å². The van der Waals surface area contributed by atoms with Gasteiger partial charge in [-0.25, -0.2) is 18.4 Å². The maximum absolute atomic E-state index is 14.5. The number of amides is 1. The van der Waals surface area contributed by atoms with Crippen molar-refractivity contribution in [3.8, 4) is 16.9 Å². The van der Waals surface area contributed by atoms with Crippen LogP contribution in [-0.2, 0) is 0 Å². The number of benzene rings is 2. The summed E-state index contributed by atoms with van der Waals surface area (Å²) in [5, 5.41) is 17.1. The number of anilines is 2. The predicted molar refractivity (Wildman–Crippen MR) is 147 cm³/mol. The molecule has 2 aromatic carbocycles. The number of rotatable bonds is 7. The number of para-hydroxylation sites is 1. The van der Waals surface area contributed by atoms with Crippen LogP contribution in [0.1, 0.15) is 53.0 Å². The van der Waals surface area contributed by atoms with Crippen LogP contribution in [0.3, 0.4) is 0 Å². The van der Waals surface area contributed by atoms with E-state index in [0.717, 1.165) is 12.8 Å². The van der Waals surface area contributed by atoms with E-state index in [1.54, 1.807) is 24.3 Å². The van der Waals surface area contributed by atoms with Crippen LogP contribution in [0.25, 0.3) is 16.9 Å². The number of hydrogen-bond donors (Lipinski definition) is 3. The quantitative estimate of drug-likeness (QED) is 0.242. The van der Waals surface area contributed by atoms with Crippen LogP contribution in [0.2, 0.25) is 5.02 Å². The SMILES string of the molecule is Nc1nc(-c2ccc(Cl)c(C(=O)Nc3cc(C(=O)CC4CCC(O)CC4)nn3-c3ccccc3)c2)c(F)cc1F. The maximum atomic E-state index is 14.5. The number of hydrogen-bond acceptors (Lipinski definition) is 6. The molecule has 0 radical (unpaired) electrons. The van der Waals surface area contributed by atoms with Crippen LogP contribution in [0.5, 0.6) is 0 Å². The number of aromatic nitrogens is 3. The number of nitrogen functional groups attached to an aromatic ring is 1. The van der Waals surface area contributed by atoms with Gasteiger partial charge in [-0.15, -0.1) is 0 Å². The lowest BCUT2D eigenvalue weighted by molar-refractivity contribution is 0.0855. The molecule has 4 aromatic rings. The fourth-order valence-corrected chi connectivity index (χ4v) is 5.01. The van der Waals surface area contributed by atoms with E-state index in [2.05, 4.69) is 15.4 Å². The highest BCUT2D eigenvalue weighted by Gasteiger charge is 2.25. The van der Waals surface area contributed by atoms with Gasteiger partial charge >= 0.3 is 0 Å². The summed E-state index contributed by atoms with van der Waals surface area (Å²) in [4.78, 5) is 30.3. The van der Waals surface area contributed by atoms with E-state index >= 15 is 0 Å². The molecule has 0 spiro atoms. The molecular formula is C29H26ClF2N5O3. The molecule has 2 aromatic heterocycles. The second kappa shape index (κ2) is 11.5. The predicted octanol–water partition coefficient (Wildman–Crippen LogP) is 5.82. The number of pyridine rings is 1. The number of carbonyl (C=O) groups excluding carboxylic acids is 2. The topological polar surface area (TPSA) is 123 Å². The molecule has 40 heavy (non-hydrogen) atoms. The van der Waals surface area contributed by atoms with Crippen molar-refractivity contribution in [3.05, 3.63) is 88.6 Å². The fourth-order valence-electron chi connectivity index (χ4n) is 4.80. The molecule has 1 fully saturated rings. The average molecular weight is 566 g/mol. The molecule has 11 heteroatoms. The van der Waals surface area contributed by atoms with E-state index in [1.165, 1.54) is 28.9 Å². The molecular weight excluding hydrogens is 540 g/mol. The number of halogens is 3. The Hall–Kier alpha value is -4.15. The Morgan fingerprint density at radius 1 is 1.02 bits per heavy atom. The third-order valence-corrected chi connectivity index (χ3v) is 7.30. The molecule has 0 aliphatic heterocycles. The Morgan fingerprint density at radius 3 is 2.48 bits per heavy atom. The van der Waals surface area contributed by atoms with E-state index in [9.17, 15) is 23.5 Å².